The van der Waals surface area contributed by atoms with Crippen molar-refractivity contribution in [1.29, 1.82) is 0 Å². The number of amides is 2. The van der Waals surface area contributed by atoms with Crippen LogP contribution in [0, 0.1) is 25.7 Å². The molecule has 0 bridgehead atoms. The largest absolute Gasteiger partial charge is 0.481 e. The molecular weight excluding hydrogens is 308 g/mol. The molecule has 24 heavy (non-hydrogen) atoms. The molecule has 2 fully saturated rings. The van der Waals surface area contributed by atoms with Crippen LogP contribution in [0.25, 0.3) is 0 Å². The zero-order valence-electron chi connectivity index (χ0n) is 14.0. The topological polar surface area (TPSA) is 77.9 Å². The first-order valence-electron chi connectivity index (χ1n) is 8.28. The maximum absolute atomic E-state index is 12.7. The highest BCUT2D eigenvalue weighted by Crippen LogP contribution is 2.29. The number of carbonyl (C=O) groups excluding carboxylic acids is 2. The van der Waals surface area contributed by atoms with E-state index in [0.717, 1.165) is 16.8 Å². The Morgan fingerprint density at radius 2 is 1.88 bits per heavy atom. The van der Waals surface area contributed by atoms with Crippen molar-refractivity contribution in [3.05, 3.63) is 29.3 Å². The Labute approximate surface area is 141 Å². The third-order valence-corrected chi connectivity index (χ3v) is 5.15. The lowest BCUT2D eigenvalue weighted by molar-refractivity contribution is -0.142. The van der Waals surface area contributed by atoms with Crippen LogP contribution < -0.4 is 4.90 Å². The summed E-state index contributed by atoms with van der Waals surface area (Å²) in [7, 11) is 0. The number of carboxylic acid groups (broad SMARTS) is 1. The summed E-state index contributed by atoms with van der Waals surface area (Å²) in [4.78, 5) is 39.5. The van der Waals surface area contributed by atoms with Crippen LogP contribution in [0.15, 0.2) is 18.2 Å². The van der Waals surface area contributed by atoms with Gasteiger partial charge in [0.25, 0.3) is 0 Å². The van der Waals surface area contributed by atoms with Gasteiger partial charge in [0.2, 0.25) is 11.8 Å². The van der Waals surface area contributed by atoms with Gasteiger partial charge in [-0.3, -0.25) is 14.4 Å². The van der Waals surface area contributed by atoms with Gasteiger partial charge in [-0.05, 0) is 49.9 Å². The van der Waals surface area contributed by atoms with Crippen molar-refractivity contribution in [3.8, 4) is 0 Å². The highest BCUT2D eigenvalue weighted by molar-refractivity contribution is 6.09. The van der Waals surface area contributed by atoms with Gasteiger partial charge in [-0.25, -0.2) is 0 Å². The number of hydrogen-bond donors (Lipinski definition) is 1. The third-order valence-electron chi connectivity index (χ3n) is 5.15. The van der Waals surface area contributed by atoms with Crippen LogP contribution in [-0.2, 0) is 14.4 Å². The Morgan fingerprint density at radius 1 is 1.12 bits per heavy atom. The molecular formula is C18H22N2O4. The first kappa shape index (κ1) is 16.5. The minimum atomic E-state index is -0.875. The molecule has 0 radical (unpaired) electrons. The van der Waals surface area contributed by atoms with Gasteiger partial charge in [-0.2, -0.15) is 0 Å². The predicted octanol–water partition coefficient (Wildman–Crippen LogP) is 1.59. The number of aliphatic carboxylic acids is 1. The number of aryl methyl sites for hydroxylation is 2. The van der Waals surface area contributed by atoms with Crippen LogP contribution in [0.2, 0.25) is 0 Å². The number of rotatable bonds is 3. The number of nitrogens with zero attached hydrogens (tertiary/aromatic N) is 2. The number of carbonyl (C=O) groups is 3. The first-order chi connectivity index (χ1) is 11.4. The van der Waals surface area contributed by atoms with Crippen molar-refractivity contribution in [1.82, 2.24) is 4.90 Å². The van der Waals surface area contributed by atoms with Crippen LogP contribution in [-0.4, -0.2) is 47.4 Å². The van der Waals surface area contributed by atoms with Crippen molar-refractivity contribution in [2.45, 2.75) is 26.7 Å². The van der Waals surface area contributed by atoms with Gasteiger partial charge in [-0.15, -0.1) is 0 Å². The number of hydrogen-bond acceptors (Lipinski definition) is 3. The highest BCUT2D eigenvalue weighted by atomic mass is 16.4. The molecule has 128 valence electrons. The van der Waals surface area contributed by atoms with Gasteiger partial charge in [0.05, 0.1) is 5.92 Å². The number of benzene rings is 1. The standard InChI is InChI=1S/C18H22N2O4/c1-11-3-4-14(9-12(11)2)20-8-6-15(17(20)22)16(21)19-7-5-13(10-19)18(23)24/h3-4,9,13,15H,5-8,10H2,1-2H3,(H,23,24)/t13-,15+/m1/s1. The quantitative estimate of drug-likeness (QED) is 0.854. The lowest BCUT2D eigenvalue weighted by atomic mass is 10.1. The van der Waals surface area contributed by atoms with Crippen LogP contribution in [0.4, 0.5) is 5.69 Å². The Balaban J connectivity index is 1.71. The van der Waals surface area contributed by atoms with Crippen molar-refractivity contribution < 1.29 is 19.5 Å². The van der Waals surface area contributed by atoms with Crippen molar-refractivity contribution in [2.75, 3.05) is 24.5 Å². The fourth-order valence-corrected chi connectivity index (χ4v) is 3.44. The molecule has 2 aliphatic rings. The Bertz CT molecular complexity index is 700. The lowest BCUT2D eigenvalue weighted by Crippen LogP contribution is -2.39. The second-order valence-corrected chi connectivity index (χ2v) is 6.71. The van der Waals surface area contributed by atoms with Crippen LogP contribution in [0.5, 0.6) is 0 Å². The van der Waals surface area contributed by atoms with E-state index < -0.39 is 17.8 Å². The molecule has 0 spiro atoms. The summed E-state index contributed by atoms with van der Waals surface area (Å²) in [6, 6.07) is 5.85. The van der Waals surface area contributed by atoms with E-state index in [2.05, 4.69) is 0 Å². The summed E-state index contributed by atoms with van der Waals surface area (Å²) < 4.78 is 0. The maximum atomic E-state index is 12.7. The molecule has 0 unspecified atom stereocenters. The molecule has 0 aromatic heterocycles. The van der Waals surface area contributed by atoms with Crippen LogP contribution >= 0.6 is 0 Å². The summed E-state index contributed by atoms with van der Waals surface area (Å²) in [5, 5.41) is 9.06. The van der Waals surface area contributed by atoms with E-state index in [9.17, 15) is 14.4 Å². The van der Waals surface area contributed by atoms with Gasteiger partial charge in [0.1, 0.15) is 5.92 Å². The second kappa shape index (κ2) is 6.26. The Kier molecular flexibility index (Phi) is 4.30. The fourth-order valence-electron chi connectivity index (χ4n) is 3.44. The maximum Gasteiger partial charge on any atom is 0.308 e. The van der Waals surface area contributed by atoms with E-state index >= 15 is 0 Å². The van der Waals surface area contributed by atoms with Crippen molar-refractivity contribution in [3.63, 3.8) is 0 Å². The van der Waals surface area contributed by atoms with Crippen molar-refractivity contribution >= 4 is 23.5 Å². The van der Waals surface area contributed by atoms with E-state index in [-0.39, 0.29) is 18.4 Å². The molecule has 2 saturated heterocycles. The van der Waals surface area contributed by atoms with Gasteiger partial charge in [-0.1, -0.05) is 6.07 Å². The van der Waals surface area contributed by atoms with Gasteiger partial charge in [0.15, 0.2) is 0 Å². The van der Waals surface area contributed by atoms with E-state index in [1.54, 1.807) is 4.90 Å². The number of carboxylic acids is 1. The first-order valence-corrected chi connectivity index (χ1v) is 8.28. The average molecular weight is 330 g/mol. The van der Waals surface area contributed by atoms with E-state index in [4.69, 9.17) is 5.11 Å². The summed E-state index contributed by atoms with van der Waals surface area (Å²) in [6.45, 7) is 5.17. The zero-order valence-corrected chi connectivity index (χ0v) is 14.0. The predicted molar refractivity (Wildman–Crippen MR) is 88.7 cm³/mol. The minimum Gasteiger partial charge on any atom is -0.481 e. The fraction of sp³-hybridized carbons (Fsp3) is 0.500. The minimum absolute atomic E-state index is 0.179. The van der Waals surface area contributed by atoms with E-state index in [0.29, 0.717) is 25.9 Å². The molecule has 2 amide bonds. The molecule has 2 heterocycles. The van der Waals surface area contributed by atoms with Gasteiger partial charge in [0, 0.05) is 25.3 Å². The molecule has 1 aromatic rings. The summed E-state index contributed by atoms with van der Waals surface area (Å²) in [6.07, 6.45) is 0.946. The van der Waals surface area contributed by atoms with Crippen LogP contribution in [0.1, 0.15) is 24.0 Å². The highest BCUT2D eigenvalue weighted by Gasteiger charge is 2.42. The molecule has 1 aromatic carbocycles. The molecule has 2 aliphatic heterocycles. The van der Waals surface area contributed by atoms with Gasteiger partial charge < -0.3 is 14.9 Å². The summed E-state index contributed by atoms with van der Waals surface area (Å²) in [5.41, 5.74) is 3.09. The van der Waals surface area contributed by atoms with E-state index in [1.807, 2.05) is 32.0 Å². The molecule has 6 nitrogen and oxygen atoms in total. The monoisotopic (exact) mass is 330 g/mol. The summed E-state index contributed by atoms with van der Waals surface area (Å²) in [5.74, 6) is -2.47. The Morgan fingerprint density at radius 3 is 2.50 bits per heavy atom. The average Bonchev–Trinajstić information content (AvgIpc) is 3.16. The molecule has 2 atom stereocenters. The Hall–Kier alpha value is -2.37. The van der Waals surface area contributed by atoms with Crippen LogP contribution in [0.3, 0.4) is 0 Å². The van der Waals surface area contributed by atoms with E-state index in [1.165, 1.54) is 4.90 Å². The smallest absolute Gasteiger partial charge is 0.308 e. The zero-order chi connectivity index (χ0) is 17.4. The van der Waals surface area contributed by atoms with Gasteiger partial charge >= 0.3 is 5.97 Å². The third kappa shape index (κ3) is 2.88. The number of likely N-dealkylation sites (tertiary alicyclic amines) is 1. The normalized spacial score (nSPS) is 23.8. The molecule has 1 N–H and O–H groups in total. The molecule has 0 saturated carbocycles. The molecule has 0 aliphatic carbocycles. The van der Waals surface area contributed by atoms with Crippen molar-refractivity contribution in [2.24, 2.45) is 11.8 Å². The summed E-state index contributed by atoms with van der Waals surface area (Å²) >= 11 is 0. The second-order valence-electron chi connectivity index (χ2n) is 6.71. The SMILES string of the molecule is Cc1ccc(N2CC[C@@H](C(=O)N3CC[C@@H](C(=O)O)C3)C2=O)cc1C. The molecule has 3 rings (SSSR count). The number of anilines is 1. The lowest BCUT2D eigenvalue weighted by Gasteiger charge is -2.21. The molecule has 6 heteroatoms.